The summed E-state index contributed by atoms with van der Waals surface area (Å²) >= 11 is 17.4. The Labute approximate surface area is 157 Å². The van der Waals surface area contributed by atoms with E-state index < -0.39 is 6.00 Å². The minimum Gasteiger partial charge on any atom is -0.493 e. The first-order valence-corrected chi connectivity index (χ1v) is 12.7. The van der Waals surface area contributed by atoms with Gasteiger partial charge in [-0.2, -0.15) is 0 Å². The molecule has 0 atom stereocenters. The fraction of sp³-hybridized carbons (Fsp3) is 0.438. The van der Waals surface area contributed by atoms with E-state index in [1.54, 1.807) is 32.4 Å². The van der Waals surface area contributed by atoms with Crippen LogP contribution in [0.1, 0.15) is 24.8 Å². The minimum absolute atomic E-state index is 0.358. The van der Waals surface area contributed by atoms with Crippen LogP contribution in [0.25, 0.3) is 6.08 Å². The predicted octanol–water partition coefficient (Wildman–Crippen LogP) is 5.09. The molecule has 1 rings (SSSR count). The number of unbranched alkanes of at least 4 members (excludes halogenated alkanes) is 2. The molecule has 0 aromatic heterocycles. The van der Waals surface area contributed by atoms with Gasteiger partial charge in [0.05, 0.1) is 20.8 Å². The van der Waals surface area contributed by atoms with E-state index in [-0.39, 0.29) is 5.97 Å². The van der Waals surface area contributed by atoms with Crippen LogP contribution in [0.5, 0.6) is 11.5 Å². The molecule has 0 saturated carbocycles. The highest BCUT2D eigenvalue weighted by Crippen LogP contribution is 2.28. The smallest absolute Gasteiger partial charge is 0.341 e. The Kier molecular flexibility index (Phi) is 9.59. The van der Waals surface area contributed by atoms with Gasteiger partial charge in [-0.1, -0.05) is 18.9 Å². The van der Waals surface area contributed by atoms with Crippen LogP contribution in [0.2, 0.25) is 6.04 Å². The normalized spacial score (nSPS) is 11.5. The SMILES string of the molecule is COc1ccc(/C=C/C(=O)OCCCCC[Si](Cl)(Cl)Cl)cc1OC. The van der Waals surface area contributed by atoms with Crippen molar-refractivity contribution in [1.82, 2.24) is 0 Å². The van der Waals surface area contributed by atoms with Gasteiger partial charge in [-0.3, -0.25) is 0 Å². The number of methoxy groups -OCH3 is 2. The van der Waals surface area contributed by atoms with Gasteiger partial charge >= 0.3 is 12.0 Å². The summed E-state index contributed by atoms with van der Waals surface area (Å²) in [7, 11) is 3.13. The largest absolute Gasteiger partial charge is 0.493 e. The van der Waals surface area contributed by atoms with Gasteiger partial charge in [-0.15, -0.1) is 33.2 Å². The number of hydrogen-bond acceptors (Lipinski definition) is 4. The van der Waals surface area contributed by atoms with Crippen LogP contribution in [-0.4, -0.2) is 32.8 Å². The lowest BCUT2D eigenvalue weighted by molar-refractivity contribution is -0.137. The Morgan fingerprint density at radius 1 is 1.08 bits per heavy atom. The standard InChI is InChI=1S/C16H21Cl3O4Si/c1-21-14-8-6-13(12-15(14)22-2)7-9-16(20)23-10-4-3-5-11-24(17,18)19/h6-9,12H,3-5,10-11H2,1-2H3/b9-7+. The topological polar surface area (TPSA) is 44.8 Å². The minimum atomic E-state index is -2.53. The zero-order chi connectivity index (χ0) is 18.0. The van der Waals surface area contributed by atoms with Crippen LogP contribution in [0.15, 0.2) is 24.3 Å². The van der Waals surface area contributed by atoms with Gasteiger partial charge in [0, 0.05) is 6.08 Å². The molecule has 0 aliphatic rings. The van der Waals surface area contributed by atoms with Crippen LogP contribution >= 0.6 is 33.2 Å². The maximum atomic E-state index is 11.7. The van der Waals surface area contributed by atoms with E-state index in [2.05, 4.69) is 0 Å². The van der Waals surface area contributed by atoms with Crippen LogP contribution < -0.4 is 9.47 Å². The van der Waals surface area contributed by atoms with Crippen LogP contribution in [0.4, 0.5) is 0 Å². The summed E-state index contributed by atoms with van der Waals surface area (Å²) in [6.45, 7) is 0.358. The number of ether oxygens (including phenoxy) is 3. The molecule has 0 aliphatic heterocycles. The molecule has 0 heterocycles. The summed E-state index contributed by atoms with van der Waals surface area (Å²) in [4.78, 5) is 11.7. The summed E-state index contributed by atoms with van der Waals surface area (Å²) in [5.74, 6) is 0.848. The van der Waals surface area contributed by atoms with Gasteiger partial charge in [0.25, 0.3) is 0 Å². The molecule has 8 heteroatoms. The molecule has 0 saturated heterocycles. The number of halogens is 3. The molecular formula is C16H21Cl3O4Si. The Morgan fingerprint density at radius 2 is 1.79 bits per heavy atom. The summed E-state index contributed by atoms with van der Waals surface area (Å²) in [5, 5.41) is 0. The monoisotopic (exact) mass is 410 g/mol. The van der Waals surface area contributed by atoms with Gasteiger partial charge in [-0.25, -0.2) is 4.79 Å². The number of hydrogen-bond donors (Lipinski definition) is 0. The highest BCUT2D eigenvalue weighted by atomic mass is 35.8. The van der Waals surface area contributed by atoms with E-state index >= 15 is 0 Å². The van der Waals surface area contributed by atoms with Crippen molar-refractivity contribution in [2.75, 3.05) is 20.8 Å². The third-order valence-electron chi connectivity index (χ3n) is 3.17. The number of esters is 1. The van der Waals surface area contributed by atoms with Crippen LogP contribution in [0.3, 0.4) is 0 Å². The van der Waals surface area contributed by atoms with Crippen molar-refractivity contribution >= 4 is 51.3 Å². The fourth-order valence-electron chi connectivity index (χ4n) is 1.95. The molecule has 0 bridgehead atoms. The second-order valence-corrected chi connectivity index (χ2v) is 14.3. The Morgan fingerprint density at radius 3 is 2.42 bits per heavy atom. The van der Waals surface area contributed by atoms with E-state index in [1.807, 2.05) is 6.07 Å². The zero-order valence-corrected chi connectivity index (χ0v) is 17.0. The third kappa shape index (κ3) is 8.83. The molecule has 4 nitrogen and oxygen atoms in total. The molecule has 1 aromatic rings. The van der Waals surface area contributed by atoms with Gasteiger partial charge in [0.2, 0.25) is 0 Å². The summed E-state index contributed by atoms with van der Waals surface area (Å²) in [6.07, 6.45) is 5.51. The Balaban J connectivity index is 2.33. The molecule has 0 amide bonds. The van der Waals surface area contributed by atoms with Crippen molar-refractivity contribution in [1.29, 1.82) is 0 Å². The number of rotatable bonds is 10. The Bertz CT molecular complexity index is 559. The van der Waals surface area contributed by atoms with Gasteiger partial charge in [0.15, 0.2) is 11.5 Å². The molecule has 0 N–H and O–H groups in total. The zero-order valence-electron chi connectivity index (χ0n) is 13.7. The molecule has 0 radical (unpaired) electrons. The lowest BCUT2D eigenvalue weighted by Crippen LogP contribution is -2.08. The molecule has 0 aliphatic carbocycles. The summed E-state index contributed by atoms with van der Waals surface area (Å²) in [5.41, 5.74) is 0.817. The van der Waals surface area contributed by atoms with E-state index in [0.717, 1.165) is 24.8 Å². The molecule has 0 spiro atoms. The highest BCUT2D eigenvalue weighted by molar-refractivity contribution is 7.64. The van der Waals surface area contributed by atoms with Gasteiger partial charge in [-0.05, 0) is 36.2 Å². The van der Waals surface area contributed by atoms with Crippen molar-refractivity contribution < 1.29 is 19.0 Å². The van der Waals surface area contributed by atoms with E-state index in [1.165, 1.54) is 6.08 Å². The maximum Gasteiger partial charge on any atom is 0.341 e. The van der Waals surface area contributed by atoms with E-state index in [4.69, 9.17) is 47.4 Å². The predicted molar refractivity (Wildman–Crippen MR) is 102 cm³/mol. The van der Waals surface area contributed by atoms with Crippen LogP contribution in [-0.2, 0) is 9.53 Å². The van der Waals surface area contributed by atoms with Crippen molar-refractivity contribution in [3.63, 3.8) is 0 Å². The number of carbonyl (C=O) groups is 1. The molecular weight excluding hydrogens is 391 g/mol. The highest BCUT2D eigenvalue weighted by Gasteiger charge is 2.23. The first-order valence-electron chi connectivity index (χ1n) is 7.49. The van der Waals surface area contributed by atoms with Gasteiger partial charge < -0.3 is 14.2 Å². The molecule has 134 valence electrons. The molecule has 0 fully saturated rings. The quantitative estimate of drug-likeness (QED) is 0.177. The van der Waals surface area contributed by atoms with Crippen molar-refractivity contribution in [3.05, 3.63) is 29.8 Å². The first kappa shape index (κ1) is 21.2. The summed E-state index contributed by atoms with van der Waals surface area (Å²) < 4.78 is 15.5. The van der Waals surface area contributed by atoms with Gasteiger partial charge in [0.1, 0.15) is 0 Å². The Hall–Kier alpha value is -0.883. The van der Waals surface area contributed by atoms with Crippen LogP contribution in [0, 0.1) is 0 Å². The summed E-state index contributed by atoms with van der Waals surface area (Å²) in [6, 6.07) is 3.49. The number of carbonyl (C=O) groups excluding carboxylic acids is 1. The first-order chi connectivity index (χ1) is 11.4. The maximum absolute atomic E-state index is 11.7. The fourth-order valence-corrected chi connectivity index (χ4v) is 3.80. The van der Waals surface area contributed by atoms with Crippen molar-refractivity contribution in [3.8, 4) is 11.5 Å². The lowest BCUT2D eigenvalue weighted by Gasteiger charge is -2.08. The lowest BCUT2D eigenvalue weighted by atomic mass is 10.2. The van der Waals surface area contributed by atoms with E-state index in [9.17, 15) is 4.79 Å². The average Bonchev–Trinajstić information content (AvgIpc) is 2.54. The van der Waals surface area contributed by atoms with E-state index in [0.29, 0.717) is 24.2 Å². The molecule has 0 unspecified atom stereocenters. The molecule has 24 heavy (non-hydrogen) atoms. The van der Waals surface area contributed by atoms with Crippen molar-refractivity contribution in [2.45, 2.75) is 25.3 Å². The third-order valence-corrected chi connectivity index (χ3v) is 5.79. The second-order valence-electron chi connectivity index (χ2n) is 5.04. The molecule has 1 aromatic carbocycles. The second kappa shape index (κ2) is 10.9. The number of benzene rings is 1. The van der Waals surface area contributed by atoms with Crippen molar-refractivity contribution in [2.24, 2.45) is 0 Å². The average molecular weight is 412 g/mol.